The standard InChI is InChI=1S/C18H20FNO4S/c1-13-3-5-14(6-4-13)17-12-20(9-10-24-17)25(21,22)18-11-15(19)7-8-16(18)23-2/h3-8,11,17H,9-10,12H2,1-2H3. The number of ether oxygens (including phenoxy) is 2. The van der Waals surface area contributed by atoms with Crippen LogP contribution in [0.25, 0.3) is 0 Å². The quantitative estimate of drug-likeness (QED) is 0.836. The average Bonchev–Trinajstić information content (AvgIpc) is 2.62. The van der Waals surface area contributed by atoms with Crippen LogP contribution in [0, 0.1) is 12.7 Å². The van der Waals surface area contributed by atoms with Crippen LogP contribution in [-0.2, 0) is 14.8 Å². The zero-order valence-electron chi connectivity index (χ0n) is 14.1. The van der Waals surface area contributed by atoms with Crippen molar-refractivity contribution in [3.8, 4) is 5.75 Å². The van der Waals surface area contributed by atoms with Gasteiger partial charge in [-0.3, -0.25) is 0 Å². The first-order chi connectivity index (χ1) is 11.9. The summed E-state index contributed by atoms with van der Waals surface area (Å²) in [4.78, 5) is -0.167. The van der Waals surface area contributed by atoms with Gasteiger partial charge in [-0.1, -0.05) is 29.8 Å². The van der Waals surface area contributed by atoms with E-state index in [-0.39, 0.29) is 36.4 Å². The van der Waals surface area contributed by atoms with Crippen LogP contribution in [0.15, 0.2) is 47.4 Å². The fourth-order valence-corrected chi connectivity index (χ4v) is 4.41. The first-order valence-corrected chi connectivity index (χ1v) is 9.37. The summed E-state index contributed by atoms with van der Waals surface area (Å²) >= 11 is 0. The predicted octanol–water partition coefficient (Wildman–Crippen LogP) is 2.90. The molecule has 1 heterocycles. The van der Waals surface area contributed by atoms with Gasteiger partial charge in [0, 0.05) is 13.1 Å². The molecule has 1 atom stereocenters. The molecule has 0 saturated carbocycles. The maximum Gasteiger partial charge on any atom is 0.247 e. The molecule has 1 aliphatic heterocycles. The summed E-state index contributed by atoms with van der Waals surface area (Å²) in [5.74, 6) is -0.498. The minimum Gasteiger partial charge on any atom is -0.495 e. The van der Waals surface area contributed by atoms with E-state index in [4.69, 9.17) is 9.47 Å². The molecule has 0 aliphatic carbocycles. The summed E-state index contributed by atoms with van der Waals surface area (Å²) in [7, 11) is -2.53. The Balaban J connectivity index is 1.90. The molecule has 0 spiro atoms. The van der Waals surface area contributed by atoms with Crippen molar-refractivity contribution in [2.45, 2.75) is 17.9 Å². The second-order valence-corrected chi connectivity index (χ2v) is 7.83. The zero-order valence-corrected chi connectivity index (χ0v) is 14.9. The molecule has 0 N–H and O–H groups in total. The summed E-state index contributed by atoms with van der Waals surface area (Å²) < 4.78 is 51.7. The molecule has 0 bridgehead atoms. The van der Waals surface area contributed by atoms with E-state index in [0.29, 0.717) is 0 Å². The molecule has 3 rings (SSSR count). The third-order valence-corrected chi connectivity index (χ3v) is 6.11. The highest BCUT2D eigenvalue weighted by atomic mass is 32.2. The molecule has 134 valence electrons. The van der Waals surface area contributed by atoms with Crippen LogP contribution >= 0.6 is 0 Å². The highest BCUT2D eigenvalue weighted by molar-refractivity contribution is 7.89. The van der Waals surface area contributed by atoms with E-state index in [0.717, 1.165) is 17.2 Å². The topological polar surface area (TPSA) is 55.8 Å². The van der Waals surface area contributed by atoms with E-state index >= 15 is 0 Å². The number of methoxy groups -OCH3 is 1. The summed E-state index contributed by atoms with van der Waals surface area (Å²) in [6.07, 6.45) is -0.358. The summed E-state index contributed by atoms with van der Waals surface area (Å²) in [6, 6.07) is 11.3. The third-order valence-electron chi connectivity index (χ3n) is 4.22. The highest BCUT2D eigenvalue weighted by Crippen LogP contribution is 2.31. The van der Waals surface area contributed by atoms with Crippen LogP contribution in [0.3, 0.4) is 0 Å². The molecular weight excluding hydrogens is 345 g/mol. The number of aryl methyl sites for hydroxylation is 1. The Morgan fingerprint density at radius 3 is 2.60 bits per heavy atom. The Morgan fingerprint density at radius 2 is 1.92 bits per heavy atom. The Hall–Kier alpha value is -1.96. The number of halogens is 1. The van der Waals surface area contributed by atoms with E-state index in [9.17, 15) is 12.8 Å². The smallest absolute Gasteiger partial charge is 0.247 e. The first kappa shape index (κ1) is 17.8. The molecule has 2 aromatic carbocycles. The average molecular weight is 365 g/mol. The molecule has 5 nitrogen and oxygen atoms in total. The van der Waals surface area contributed by atoms with Gasteiger partial charge in [-0.2, -0.15) is 4.31 Å². The first-order valence-electron chi connectivity index (χ1n) is 7.93. The highest BCUT2D eigenvalue weighted by Gasteiger charge is 2.33. The molecule has 0 radical (unpaired) electrons. The van der Waals surface area contributed by atoms with Crippen molar-refractivity contribution >= 4 is 10.0 Å². The fourth-order valence-electron chi connectivity index (χ4n) is 2.82. The molecule has 1 saturated heterocycles. The van der Waals surface area contributed by atoms with Crippen molar-refractivity contribution < 1.29 is 22.3 Å². The number of morpholine rings is 1. The lowest BCUT2D eigenvalue weighted by Crippen LogP contribution is -2.42. The van der Waals surface area contributed by atoms with Crippen molar-refractivity contribution in [1.82, 2.24) is 4.31 Å². The van der Waals surface area contributed by atoms with Crippen LogP contribution in [0.1, 0.15) is 17.2 Å². The Bertz CT molecular complexity index is 852. The summed E-state index contributed by atoms with van der Waals surface area (Å²) in [6.45, 7) is 2.64. The monoisotopic (exact) mass is 365 g/mol. The second-order valence-electron chi connectivity index (χ2n) is 5.93. The molecule has 7 heteroatoms. The molecular formula is C18H20FNO4S. The maximum atomic E-state index is 13.6. The molecule has 0 aromatic heterocycles. The predicted molar refractivity (Wildman–Crippen MR) is 91.6 cm³/mol. The number of sulfonamides is 1. The van der Waals surface area contributed by atoms with E-state index in [1.54, 1.807) is 0 Å². The van der Waals surface area contributed by atoms with E-state index in [1.165, 1.54) is 23.5 Å². The van der Waals surface area contributed by atoms with Gasteiger partial charge in [-0.25, -0.2) is 12.8 Å². The number of hydrogen-bond acceptors (Lipinski definition) is 4. The van der Waals surface area contributed by atoms with Crippen LogP contribution in [0.5, 0.6) is 5.75 Å². The number of nitrogens with zero attached hydrogens (tertiary/aromatic N) is 1. The lowest BCUT2D eigenvalue weighted by molar-refractivity contribution is -0.00259. The van der Waals surface area contributed by atoms with Gasteiger partial charge < -0.3 is 9.47 Å². The molecule has 0 amide bonds. The van der Waals surface area contributed by atoms with E-state index in [1.807, 2.05) is 31.2 Å². The zero-order chi connectivity index (χ0) is 18.0. The minimum atomic E-state index is -3.89. The molecule has 1 aliphatic rings. The Kier molecular flexibility index (Phi) is 5.08. The number of hydrogen-bond donors (Lipinski definition) is 0. The van der Waals surface area contributed by atoms with Gasteiger partial charge in [0.2, 0.25) is 10.0 Å². The van der Waals surface area contributed by atoms with Gasteiger partial charge in [-0.05, 0) is 30.7 Å². The Morgan fingerprint density at radius 1 is 1.20 bits per heavy atom. The van der Waals surface area contributed by atoms with Gasteiger partial charge >= 0.3 is 0 Å². The van der Waals surface area contributed by atoms with E-state index < -0.39 is 15.8 Å². The lowest BCUT2D eigenvalue weighted by atomic mass is 10.1. The van der Waals surface area contributed by atoms with Crippen molar-refractivity contribution in [3.63, 3.8) is 0 Å². The molecule has 2 aromatic rings. The van der Waals surface area contributed by atoms with Crippen LogP contribution in [0.2, 0.25) is 0 Å². The SMILES string of the molecule is COc1ccc(F)cc1S(=O)(=O)N1CCOC(c2ccc(C)cc2)C1. The molecule has 1 unspecified atom stereocenters. The minimum absolute atomic E-state index is 0.125. The van der Waals surface area contributed by atoms with Gasteiger partial charge in [0.05, 0.1) is 19.8 Å². The maximum absolute atomic E-state index is 13.6. The Labute approximate surface area is 147 Å². The lowest BCUT2D eigenvalue weighted by Gasteiger charge is -2.32. The second kappa shape index (κ2) is 7.11. The normalized spacial score (nSPS) is 18.9. The number of rotatable bonds is 4. The van der Waals surface area contributed by atoms with Gasteiger partial charge in [0.1, 0.15) is 16.5 Å². The van der Waals surface area contributed by atoms with E-state index in [2.05, 4.69) is 0 Å². The summed E-state index contributed by atoms with van der Waals surface area (Å²) in [5, 5.41) is 0. The molecule has 1 fully saturated rings. The van der Waals surface area contributed by atoms with Crippen LogP contribution < -0.4 is 4.74 Å². The fraction of sp³-hybridized carbons (Fsp3) is 0.333. The van der Waals surface area contributed by atoms with Gasteiger partial charge in [0.15, 0.2) is 0 Å². The largest absolute Gasteiger partial charge is 0.495 e. The van der Waals surface area contributed by atoms with Crippen molar-refractivity contribution in [3.05, 3.63) is 59.4 Å². The van der Waals surface area contributed by atoms with Crippen molar-refractivity contribution in [2.24, 2.45) is 0 Å². The third kappa shape index (κ3) is 3.68. The van der Waals surface area contributed by atoms with Crippen LogP contribution in [-0.4, -0.2) is 39.5 Å². The summed E-state index contributed by atoms with van der Waals surface area (Å²) in [5.41, 5.74) is 2.03. The van der Waals surface area contributed by atoms with Gasteiger partial charge in [-0.15, -0.1) is 0 Å². The van der Waals surface area contributed by atoms with Crippen LogP contribution in [0.4, 0.5) is 4.39 Å². The van der Waals surface area contributed by atoms with Crippen molar-refractivity contribution in [2.75, 3.05) is 26.8 Å². The van der Waals surface area contributed by atoms with Gasteiger partial charge in [0.25, 0.3) is 0 Å². The van der Waals surface area contributed by atoms with Crippen molar-refractivity contribution in [1.29, 1.82) is 0 Å². The molecule has 25 heavy (non-hydrogen) atoms. The number of benzene rings is 2.